The van der Waals surface area contributed by atoms with Gasteiger partial charge in [0.25, 0.3) is 0 Å². The average Bonchev–Trinajstić information content (AvgIpc) is 3.86. The van der Waals surface area contributed by atoms with Crippen LogP contribution in [0, 0.1) is 0 Å². The minimum atomic E-state index is -0.472. The number of benzene rings is 10. The third-order valence-corrected chi connectivity index (χ3v) is 13.1. The molecule has 11 aromatic rings. The molecule has 0 fully saturated rings. The number of rotatable bonds is 8. The molecular formula is C61H42N2. The van der Waals surface area contributed by atoms with Crippen molar-refractivity contribution in [1.82, 2.24) is 4.57 Å². The summed E-state index contributed by atoms with van der Waals surface area (Å²) in [6, 6.07) is 93.2. The van der Waals surface area contributed by atoms with E-state index in [0.717, 1.165) is 33.9 Å². The molecule has 0 unspecified atom stereocenters. The van der Waals surface area contributed by atoms with Gasteiger partial charge in [0.15, 0.2) is 0 Å². The molecule has 0 aliphatic heterocycles. The van der Waals surface area contributed by atoms with Gasteiger partial charge in [-0.1, -0.05) is 200 Å². The van der Waals surface area contributed by atoms with Gasteiger partial charge in [-0.15, -0.1) is 0 Å². The molecule has 12 rings (SSSR count). The van der Waals surface area contributed by atoms with Crippen molar-refractivity contribution >= 4 is 38.9 Å². The molecule has 0 N–H and O–H groups in total. The SMILES string of the molecule is c1ccc(-c2ccc(-c3ccccc3N(c3ccc(-n4c5ccccc5c5ccccc54)cc3)c3ccc(C4(c5ccccc5)c5ccccc5-c5ccccc54)cc3)cc2)cc1. The lowest BCUT2D eigenvalue weighted by molar-refractivity contribution is 0.768. The Morgan fingerprint density at radius 2 is 0.730 bits per heavy atom. The third-order valence-electron chi connectivity index (χ3n) is 13.1. The van der Waals surface area contributed by atoms with E-state index in [4.69, 9.17) is 0 Å². The highest BCUT2D eigenvalue weighted by Gasteiger charge is 2.45. The van der Waals surface area contributed by atoms with Crippen LogP contribution in [0.3, 0.4) is 0 Å². The van der Waals surface area contributed by atoms with Crippen LogP contribution in [0.1, 0.15) is 22.3 Å². The molecule has 0 radical (unpaired) electrons. The molecule has 0 atom stereocenters. The van der Waals surface area contributed by atoms with Crippen LogP contribution in [0.2, 0.25) is 0 Å². The summed E-state index contributed by atoms with van der Waals surface area (Å²) < 4.78 is 2.39. The van der Waals surface area contributed by atoms with Crippen molar-refractivity contribution in [3.8, 4) is 39.1 Å². The summed E-state index contributed by atoms with van der Waals surface area (Å²) in [6.45, 7) is 0. The zero-order chi connectivity index (χ0) is 41.7. The minimum Gasteiger partial charge on any atom is -0.310 e. The lowest BCUT2D eigenvalue weighted by atomic mass is 9.68. The summed E-state index contributed by atoms with van der Waals surface area (Å²) in [4.78, 5) is 2.42. The van der Waals surface area contributed by atoms with Gasteiger partial charge in [0.1, 0.15) is 0 Å². The second-order valence-corrected chi connectivity index (χ2v) is 16.4. The molecule has 0 saturated heterocycles. The Kier molecular flexibility index (Phi) is 8.76. The number of anilines is 3. The number of aromatic nitrogens is 1. The van der Waals surface area contributed by atoms with Crippen LogP contribution in [0.25, 0.3) is 60.9 Å². The number of nitrogens with zero attached hydrogens (tertiary/aromatic N) is 2. The van der Waals surface area contributed by atoms with Crippen LogP contribution in [0.4, 0.5) is 17.1 Å². The van der Waals surface area contributed by atoms with Crippen molar-refractivity contribution in [3.63, 3.8) is 0 Å². The molecule has 1 aliphatic rings. The monoisotopic (exact) mass is 802 g/mol. The fraction of sp³-hybridized carbons (Fsp3) is 0.0164. The molecule has 1 aliphatic carbocycles. The number of hydrogen-bond acceptors (Lipinski definition) is 1. The highest BCUT2D eigenvalue weighted by atomic mass is 15.1. The second kappa shape index (κ2) is 15.1. The van der Waals surface area contributed by atoms with Crippen LogP contribution in [0.5, 0.6) is 0 Å². The summed E-state index contributed by atoms with van der Waals surface area (Å²) in [5.41, 5.74) is 18.8. The molecule has 296 valence electrons. The Morgan fingerprint density at radius 1 is 0.302 bits per heavy atom. The van der Waals surface area contributed by atoms with Crippen LogP contribution in [0.15, 0.2) is 255 Å². The predicted octanol–water partition coefficient (Wildman–Crippen LogP) is 16.0. The lowest BCUT2D eigenvalue weighted by Gasteiger charge is -2.34. The zero-order valence-corrected chi connectivity index (χ0v) is 34.6. The van der Waals surface area contributed by atoms with Crippen LogP contribution < -0.4 is 4.90 Å². The molecule has 1 heterocycles. The summed E-state index contributed by atoms with van der Waals surface area (Å²) >= 11 is 0. The summed E-state index contributed by atoms with van der Waals surface area (Å²) in [7, 11) is 0. The fourth-order valence-electron chi connectivity index (χ4n) is 10.3. The molecule has 2 heteroatoms. The minimum absolute atomic E-state index is 0.472. The highest BCUT2D eigenvalue weighted by molar-refractivity contribution is 6.09. The highest BCUT2D eigenvalue weighted by Crippen LogP contribution is 2.56. The Morgan fingerprint density at radius 3 is 1.33 bits per heavy atom. The quantitative estimate of drug-likeness (QED) is 0.149. The van der Waals surface area contributed by atoms with Crippen LogP contribution in [-0.4, -0.2) is 4.57 Å². The topological polar surface area (TPSA) is 8.17 Å². The Bertz CT molecular complexity index is 3320. The van der Waals surface area contributed by atoms with Crippen LogP contribution >= 0.6 is 0 Å². The molecule has 10 aromatic carbocycles. The first-order chi connectivity index (χ1) is 31.3. The Balaban J connectivity index is 1.03. The summed E-state index contributed by atoms with van der Waals surface area (Å²) in [5, 5.41) is 2.51. The molecular weight excluding hydrogens is 761 g/mol. The van der Waals surface area contributed by atoms with Gasteiger partial charge in [0.2, 0.25) is 0 Å². The van der Waals surface area contributed by atoms with Gasteiger partial charge in [-0.2, -0.15) is 0 Å². The van der Waals surface area contributed by atoms with E-state index in [1.165, 1.54) is 66.3 Å². The Labute approximate surface area is 368 Å². The van der Waals surface area contributed by atoms with E-state index < -0.39 is 5.41 Å². The molecule has 0 amide bonds. The van der Waals surface area contributed by atoms with E-state index in [1.54, 1.807) is 0 Å². The van der Waals surface area contributed by atoms with Crippen molar-refractivity contribution in [1.29, 1.82) is 0 Å². The standard InChI is InChI=1S/C61H42N2/c1-3-17-43(18-4-1)44-31-33-45(34-32-44)51-21-9-14-28-58(51)62(49-39-41-50(42-40-49)63-59-29-15-10-24-54(59)55-25-11-16-30-60(55)63)48-37-35-47(36-38-48)61(46-19-5-2-6-20-46)56-26-12-7-22-52(56)53-23-8-13-27-57(53)61/h1-42H. The van der Waals surface area contributed by atoms with Gasteiger partial charge in [0.05, 0.1) is 22.1 Å². The van der Waals surface area contributed by atoms with E-state index in [-0.39, 0.29) is 0 Å². The van der Waals surface area contributed by atoms with Crippen molar-refractivity contribution in [2.75, 3.05) is 4.90 Å². The van der Waals surface area contributed by atoms with E-state index >= 15 is 0 Å². The van der Waals surface area contributed by atoms with Crippen molar-refractivity contribution in [2.24, 2.45) is 0 Å². The summed E-state index contributed by atoms with van der Waals surface area (Å²) in [6.07, 6.45) is 0. The average molecular weight is 803 g/mol. The van der Waals surface area contributed by atoms with Crippen molar-refractivity contribution in [2.45, 2.75) is 5.41 Å². The number of fused-ring (bicyclic) bond motifs is 6. The number of para-hydroxylation sites is 3. The fourth-order valence-corrected chi connectivity index (χ4v) is 10.3. The van der Waals surface area contributed by atoms with E-state index in [1.807, 2.05) is 0 Å². The third kappa shape index (κ3) is 5.87. The first-order valence-corrected chi connectivity index (χ1v) is 21.8. The van der Waals surface area contributed by atoms with Crippen molar-refractivity contribution in [3.05, 3.63) is 277 Å². The largest absolute Gasteiger partial charge is 0.310 e. The maximum Gasteiger partial charge on any atom is 0.0713 e. The van der Waals surface area contributed by atoms with Crippen LogP contribution in [-0.2, 0) is 5.41 Å². The van der Waals surface area contributed by atoms with E-state index in [0.29, 0.717) is 0 Å². The zero-order valence-electron chi connectivity index (χ0n) is 34.6. The van der Waals surface area contributed by atoms with Gasteiger partial charge in [-0.3, -0.25) is 0 Å². The molecule has 1 aromatic heterocycles. The van der Waals surface area contributed by atoms with Gasteiger partial charge in [-0.25, -0.2) is 0 Å². The van der Waals surface area contributed by atoms with E-state index in [9.17, 15) is 0 Å². The first kappa shape index (κ1) is 36.6. The van der Waals surface area contributed by atoms with E-state index in [2.05, 4.69) is 264 Å². The predicted molar refractivity (Wildman–Crippen MR) is 264 cm³/mol. The second-order valence-electron chi connectivity index (χ2n) is 16.4. The van der Waals surface area contributed by atoms with Gasteiger partial charge < -0.3 is 9.47 Å². The maximum atomic E-state index is 2.42. The molecule has 0 bridgehead atoms. The van der Waals surface area contributed by atoms with Gasteiger partial charge in [-0.05, 0) is 105 Å². The smallest absolute Gasteiger partial charge is 0.0713 e. The maximum absolute atomic E-state index is 2.42. The molecule has 0 spiro atoms. The normalized spacial score (nSPS) is 12.6. The molecule has 2 nitrogen and oxygen atoms in total. The lowest BCUT2D eigenvalue weighted by Crippen LogP contribution is -2.28. The van der Waals surface area contributed by atoms with Gasteiger partial charge >= 0.3 is 0 Å². The summed E-state index contributed by atoms with van der Waals surface area (Å²) in [5.74, 6) is 0. The van der Waals surface area contributed by atoms with Crippen molar-refractivity contribution < 1.29 is 0 Å². The number of hydrogen-bond donors (Lipinski definition) is 0. The molecule has 0 saturated carbocycles. The van der Waals surface area contributed by atoms with Gasteiger partial charge in [0, 0.05) is 33.4 Å². The molecule has 63 heavy (non-hydrogen) atoms. The Hall–Kier alpha value is -8.20. The first-order valence-electron chi connectivity index (χ1n) is 21.8.